The Morgan fingerprint density at radius 2 is 1.16 bits per heavy atom. The third-order valence-electron chi connectivity index (χ3n) is 10.3. The third-order valence-corrected chi connectivity index (χ3v) is 10.3. The minimum Gasteiger partial charge on any atom is -0.394 e. The first-order valence-corrected chi connectivity index (χ1v) is 16.6. The van der Waals surface area contributed by atoms with E-state index < -0.39 is 79.7 Å². The Hall–Kier alpha value is -3.37. The molecule has 10 atom stereocenters. The van der Waals surface area contributed by atoms with Gasteiger partial charge in [0.1, 0.15) is 61.0 Å². The number of rotatable bonds is 3. The molecule has 0 radical (unpaired) electrons. The summed E-state index contributed by atoms with van der Waals surface area (Å²) in [5, 5.41) is 80.7. The van der Waals surface area contributed by atoms with Crippen molar-refractivity contribution in [2.45, 2.75) is 93.1 Å². The third kappa shape index (κ3) is 6.39. The molecule has 12 nitrogen and oxygen atoms in total. The fraction of sp³-hybridized carbons (Fsp3) is 0.541. The molecular formula is C37H43NO11. The average Bonchev–Trinajstić information content (AvgIpc) is 3.36. The van der Waals surface area contributed by atoms with E-state index in [-0.39, 0.29) is 11.8 Å². The van der Waals surface area contributed by atoms with Gasteiger partial charge in [-0.05, 0) is 59.4 Å². The molecule has 8 N–H and O–H groups in total. The molecule has 0 aromatic heterocycles. The molecule has 3 saturated heterocycles. The number of hydrogen-bond donors (Lipinski definition) is 8. The fourth-order valence-corrected chi connectivity index (χ4v) is 7.41. The number of hydrogen-bond acceptors (Lipinski definition) is 11. The highest BCUT2D eigenvalue weighted by Gasteiger charge is 2.47. The molecule has 3 heterocycles. The number of likely N-dealkylation sites (tertiary alicyclic amines) is 1. The van der Waals surface area contributed by atoms with Crippen LogP contribution in [0.4, 0.5) is 0 Å². The monoisotopic (exact) mass is 677 g/mol. The fourth-order valence-electron chi connectivity index (χ4n) is 7.41. The van der Waals surface area contributed by atoms with E-state index in [0.717, 1.165) is 22.3 Å². The molecule has 262 valence electrons. The number of fused-ring (bicyclic) bond motifs is 5. The van der Waals surface area contributed by atoms with Crippen molar-refractivity contribution >= 4 is 5.91 Å². The molecule has 0 saturated carbocycles. The highest BCUT2D eigenvalue weighted by molar-refractivity contribution is 5.83. The van der Waals surface area contributed by atoms with Crippen LogP contribution in [0.1, 0.15) is 48.9 Å². The van der Waals surface area contributed by atoms with Crippen LogP contribution in [0.25, 0.3) is 11.1 Å². The minimum atomic E-state index is -1.53. The second kappa shape index (κ2) is 14.1. The Balaban J connectivity index is 1.34. The van der Waals surface area contributed by atoms with Crippen LogP contribution in [0.3, 0.4) is 0 Å². The number of piperidine rings is 1. The molecule has 4 aliphatic rings. The quantitative estimate of drug-likeness (QED) is 0.178. The van der Waals surface area contributed by atoms with Crippen LogP contribution in [0.2, 0.25) is 0 Å². The largest absolute Gasteiger partial charge is 0.394 e. The van der Waals surface area contributed by atoms with Gasteiger partial charge in [0.25, 0.3) is 0 Å². The van der Waals surface area contributed by atoms with Gasteiger partial charge in [-0.3, -0.25) is 4.79 Å². The summed E-state index contributed by atoms with van der Waals surface area (Å²) < 4.78 is 11.1. The van der Waals surface area contributed by atoms with E-state index in [1.165, 1.54) is 0 Å². The molecule has 2 aromatic carbocycles. The molecule has 6 rings (SSSR count). The number of carbonyl (C=O) groups is 1. The molecule has 0 bridgehead atoms. The van der Waals surface area contributed by atoms with Crippen molar-refractivity contribution in [2.75, 3.05) is 26.3 Å². The maximum absolute atomic E-state index is 12.9. The highest BCUT2D eigenvalue weighted by Crippen LogP contribution is 2.54. The van der Waals surface area contributed by atoms with Gasteiger partial charge in [0.15, 0.2) is 0 Å². The molecule has 2 aromatic rings. The molecule has 3 fully saturated rings. The number of ether oxygens (including phenoxy) is 2. The zero-order chi connectivity index (χ0) is 35.2. The van der Waals surface area contributed by atoms with Gasteiger partial charge in [-0.15, -0.1) is 0 Å². The second-order valence-electron chi connectivity index (χ2n) is 13.6. The summed E-state index contributed by atoms with van der Waals surface area (Å²) in [5.74, 6) is 11.8. The summed E-state index contributed by atoms with van der Waals surface area (Å²) in [4.78, 5) is 14.8. The number of benzene rings is 2. The van der Waals surface area contributed by atoms with Crippen LogP contribution >= 0.6 is 0 Å². The Kier molecular flexibility index (Phi) is 10.2. The summed E-state index contributed by atoms with van der Waals surface area (Å²) in [6.45, 7) is 3.75. The van der Waals surface area contributed by atoms with Crippen molar-refractivity contribution in [1.82, 2.24) is 4.90 Å². The first-order chi connectivity index (χ1) is 23.4. The van der Waals surface area contributed by atoms with E-state index in [9.17, 15) is 45.6 Å². The average molecular weight is 678 g/mol. The predicted octanol–water partition coefficient (Wildman–Crippen LogP) is -1.38. The molecular weight excluding hydrogens is 634 g/mol. The van der Waals surface area contributed by atoms with Crippen LogP contribution in [0.15, 0.2) is 36.4 Å². The standard InChI is InChI=1S/C37H43NO11/c1-19(2)36(47)38-13-11-37(12-14-38)24-15-20(5-9-26-30(41)34(45)32(43)28(17-39)48-26)3-7-22(24)23-8-4-21(16-25(23)37)6-10-27-31(42)35(46)33(44)29(18-40)49-27/h3-4,7-8,15-16,19,26-35,39-46H,11-14,17-18H2,1-2H3. The Morgan fingerprint density at radius 3 is 1.55 bits per heavy atom. The number of nitrogens with zero attached hydrogens (tertiary/aromatic N) is 1. The van der Waals surface area contributed by atoms with Crippen molar-refractivity contribution in [3.8, 4) is 34.8 Å². The van der Waals surface area contributed by atoms with Crippen LogP contribution in [-0.4, -0.2) is 139 Å². The van der Waals surface area contributed by atoms with Gasteiger partial charge in [-0.2, -0.15) is 0 Å². The molecule has 1 amide bonds. The van der Waals surface area contributed by atoms with Gasteiger partial charge >= 0.3 is 0 Å². The smallest absolute Gasteiger partial charge is 0.225 e. The first kappa shape index (κ1) is 35.5. The summed E-state index contributed by atoms with van der Waals surface area (Å²) in [6, 6.07) is 11.6. The zero-order valence-electron chi connectivity index (χ0n) is 27.3. The van der Waals surface area contributed by atoms with E-state index in [1.54, 1.807) is 0 Å². The zero-order valence-corrected chi connectivity index (χ0v) is 27.3. The molecule has 10 unspecified atom stereocenters. The second-order valence-corrected chi connectivity index (χ2v) is 13.6. The first-order valence-electron chi connectivity index (χ1n) is 16.6. The Labute approximate surface area is 284 Å². The lowest BCUT2D eigenvalue weighted by Gasteiger charge is -2.41. The summed E-state index contributed by atoms with van der Waals surface area (Å²) in [5.41, 5.74) is 4.84. The lowest BCUT2D eigenvalue weighted by molar-refractivity contribution is -0.214. The van der Waals surface area contributed by atoms with E-state index in [0.29, 0.717) is 37.1 Å². The van der Waals surface area contributed by atoms with E-state index in [4.69, 9.17) is 9.47 Å². The number of amides is 1. The minimum absolute atomic E-state index is 0.0894. The molecule has 3 aliphatic heterocycles. The van der Waals surface area contributed by atoms with Crippen molar-refractivity contribution < 1.29 is 55.1 Å². The summed E-state index contributed by atoms with van der Waals surface area (Å²) >= 11 is 0. The normalized spacial score (nSPS) is 33.2. The van der Waals surface area contributed by atoms with E-state index in [2.05, 4.69) is 23.7 Å². The van der Waals surface area contributed by atoms with Gasteiger partial charge in [-0.25, -0.2) is 0 Å². The van der Waals surface area contributed by atoms with Gasteiger partial charge in [0.2, 0.25) is 5.91 Å². The number of aliphatic hydroxyl groups is 8. The van der Waals surface area contributed by atoms with Crippen LogP contribution in [0.5, 0.6) is 0 Å². The van der Waals surface area contributed by atoms with E-state index in [1.807, 2.05) is 55.1 Å². The lowest BCUT2D eigenvalue weighted by Crippen LogP contribution is -2.58. The van der Waals surface area contributed by atoms with Crippen molar-refractivity contribution in [2.24, 2.45) is 5.92 Å². The molecule has 49 heavy (non-hydrogen) atoms. The van der Waals surface area contributed by atoms with Gasteiger partial charge < -0.3 is 55.2 Å². The molecule has 12 heteroatoms. The lowest BCUT2D eigenvalue weighted by atomic mass is 9.70. The van der Waals surface area contributed by atoms with Crippen molar-refractivity contribution in [1.29, 1.82) is 0 Å². The number of aliphatic hydroxyl groups excluding tert-OH is 8. The van der Waals surface area contributed by atoms with Gasteiger partial charge in [0.05, 0.1) is 13.2 Å². The van der Waals surface area contributed by atoms with Gasteiger partial charge in [0, 0.05) is 35.5 Å². The molecule has 1 spiro atoms. The Bertz CT molecular complexity index is 1570. The van der Waals surface area contributed by atoms with E-state index >= 15 is 0 Å². The maximum atomic E-state index is 12.9. The molecule has 1 aliphatic carbocycles. The van der Waals surface area contributed by atoms with Crippen molar-refractivity contribution in [3.05, 3.63) is 58.7 Å². The highest BCUT2D eigenvalue weighted by atomic mass is 16.5. The number of carbonyl (C=O) groups excluding carboxylic acids is 1. The predicted molar refractivity (Wildman–Crippen MR) is 175 cm³/mol. The summed E-state index contributed by atoms with van der Waals surface area (Å²) in [6.07, 6.45) is -12.1. The van der Waals surface area contributed by atoms with Crippen LogP contribution in [-0.2, 0) is 19.7 Å². The Morgan fingerprint density at radius 1 is 0.735 bits per heavy atom. The topological polar surface area (TPSA) is 201 Å². The van der Waals surface area contributed by atoms with Crippen LogP contribution in [0, 0.1) is 29.6 Å². The SMILES string of the molecule is CC(C)C(=O)N1CCC2(CC1)c1cc(C#CC3OC(CO)C(O)C(O)C3O)ccc1-c1ccc(C#CC3OC(CO)C(O)C(O)C3O)cc12. The van der Waals surface area contributed by atoms with Crippen LogP contribution < -0.4 is 0 Å². The maximum Gasteiger partial charge on any atom is 0.225 e. The summed E-state index contributed by atoms with van der Waals surface area (Å²) in [7, 11) is 0. The van der Waals surface area contributed by atoms with Crippen molar-refractivity contribution in [3.63, 3.8) is 0 Å². The van der Waals surface area contributed by atoms with Gasteiger partial charge in [-0.1, -0.05) is 49.7 Å².